The van der Waals surface area contributed by atoms with Crippen LogP contribution in [0.2, 0.25) is 0 Å². The highest BCUT2D eigenvalue weighted by Gasteiger charge is 2.12. The minimum Gasteiger partial charge on any atom is -0.478 e. The number of nitriles is 1. The van der Waals surface area contributed by atoms with Crippen molar-refractivity contribution >= 4 is 17.7 Å². The SMILES string of the molecule is N#Cc1ccc(Sc2ccccc2C(=O)O)c(F)c1. The van der Waals surface area contributed by atoms with E-state index in [1.807, 2.05) is 6.07 Å². The molecule has 2 aromatic rings. The van der Waals surface area contributed by atoms with Crippen LogP contribution in [0.4, 0.5) is 4.39 Å². The Morgan fingerprint density at radius 3 is 2.58 bits per heavy atom. The van der Waals surface area contributed by atoms with Gasteiger partial charge in [-0.2, -0.15) is 5.26 Å². The average Bonchev–Trinajstić information content (AvgIpc) is 2.41. The molecule has 0 aliphatic rings. The molecule has 94 valence electrons. The van der Waals surface area contributed by atoms with Gasteiger partial charge in [-0.1, -0.05) is 23.9 Å². The summed E-state index contributed by atoms with van der Waals surface area (Å²) in [5.74, 6) is -1.60. The quantitative estimate of drug-likeness (QED) is 0.929. The maximum absolute atomic E-state index is 13.7. The Morgan fingerprint density at radius 2 is 1.95 bits per heavy atom. The lowest BCUT2D eigenvalue weighted by Gasteiger charge is -2.06. The molecule has 3 nitrogen and oxygen atoms in total. The van der Waals surface area contributed by atoms with Gasteiger partial charge in [0.15, 0.2) is 0 Å². The number of carbonyl (C=O) groups is 1. The van der Waals surface area contributed by atoms with Gasteiger partial charge in [0.1, 0.15) is 5.82 Å². The summed E-state index contributed by atoms with van der Waals surface area (Å²) in [6.45, 7) is 0. The summed E-state index contributed by atoms with van der Waals surface area (Å²) in [4.78, 5) is 11.8. The van der Waals surface area contributed by atoms with Gasteiger partial charge in [0.2, 0.25) is 0 Å². The van der Waals surface area contributed by atoms with Crippen molar-refractivity contribution in [3.63, 3.8) is 0 Å². The predicted molar refractivity (Wildman–Crippen MR) is 68.6 cm³/mol. The van der Waals surface area contributed by atoms with Gasteiger partial charge in [-0.05, 0) is 30.3 Å². The molecular weight excluding hydrogens is 265 g/mol. The highest BCUT2D eigenvalue weighted by Crippen LogP contribution is 2.32. The molecule has 0 unspecified atom stereocenters. The summed E-state index contributed by atoms with van der Waals surface area (Å²) in [7, 11) is 0. The summed E-state index contributed by atoms with van der Waals surface area (Å²) in [6, 6.07) is 12.3. The molecule has 0 aliphatic carbocycles. The van der Waals surface area contributed by atoms with Crippen molar-refractivity contribution < 1.29 is 14.3 Å². The van der Waals surface area contributed by atoms with Crippen molar-refractivity contribution in [3.8, 4) is 6.07 Å². The number of carboxylic acid groups (broad SMARTS) is 1. The number of hydrogen-bond donors (Lipinski definition) is 1. The zero-order valence-electron chi connectivity index (χ0n) is 9.63. The monoisotopic (exact) mass is 273 g/mol. The molecule has 0 saturated heterocycles. The molecule has 0 aliphatic heterocycles. The summed E-state index contributed by atoms with van der Waals surface area (Å²) in [6.07, 6.45) is 0. The standard InChI is InChI=1S/C14H8FNO2S/c15-11-7-9(8-16)5-6-13(11)19-12-4-2-1-3-10(12)14(17)18/h1-7H,(H,17,18). The Hall–Kier alpha value is -2.32. The topological polar surface area (TPSA) is 61.1 Å². The first-order valence-electron chi connectivity index (χ1n) is 5.31. The third-order valence-electron chi connectivity index (χ3n) is 2.40. The lowest BCUT2D eigenvalue weighted by Crippen LogP contribution is -1.98. The highest BCUT2D eigenvalue weighted by atomic mass is 32.2. The first kappa shape index (κ1) is 13.1. The van der Waals surface area contributed by atoms with Gasteiger partial charge in [0, 0.05) is 9.79 Å². The van der Waals surface area contributed by atoms with Crippen molar-refractivity contribution in [2.24, 2.45) is 0 Å². The molecule has 0 bridgehead atoms. The Morgan fingerprint density at radius 1 is 1.21 bits per heavy atom. The number of nitrogens with zero attached hydrogens (tertiary/aromatic N) is 1. The van der Waals surface area contributed by atoms with Gasteiger partial charge in [-0.15, -0.1) is 0 Å². The van der Waals surface area contributed by atoms with Crippen molar-refractivity contribution in [1.29, 1.82) is 5.26 Å². The number of carboxylic acids is 1. The fourth-order valence-corrected chi connectivity index (χ4v) is 2.45. The number of hydrogen-bond acceptors (Lipinski definition) is 3. The van der Waals surface area contributed by atoms with E-state index in [0.717, 1.165) is 17.8 Å². The van der Waals surface area contributed by atoms with Crippen LogP contribution in [-0.2, 0) is 0 Å². The van der Waals surface area contributed by atoms with E-state index >= 15 is 0 Å². The summed E-state index contributed by atoms with van der Waals surface area (Å²) in [5.41, 5.74) is 0.352. The Balaban J connectivity index is 2.37. The van der Waals surface area contributed by atoms with E-state index < -0.39 is 11.8 Å². The molecule has 0 heterocycles. The molecule has 2 rings (SSSR count). The van der Waals surface area contributed by atoms with Gasteiger partial charge >= 0.3 is 5.97 Å². The van der Waals surface area contributed by atoms with E-state index in [1.54, 1.807) is 18.2 Å². The second kappa shape index (κ2) is 5.55. The van der Waals surface area contributed by atoms with E-state index in [4.69, 9.17) is 10.4 Å². The van der Waals surface area contributed by atoms with Crippen LogP contribution in [0.15, 0.2) is 52.3 Å². The maximum atomic E-state index is 13.7. The summed E-state index contributed by atoms with van der Waals surface area (Å²) < 4.78 is 13.7. The van der Waals surface area contributed by atoms with Crippen LogP contribution >= 0.6 is 11.8 Å². The lowest BCUT2D eigenvalue weighted by atomic mass is 10.2. The molecule has 5 heteroatoms. The van der Waals surface area contributed by atoms with E-state index in [9.17, 15) is 9.18 Å². The number of halogens is 1. The van der Waals surface area contributed by atoms with Crippen LogP contribution < -0.4 is 0 Å². The average molecular weight is 273 g/mol. The highest BCUT2D eigenvalue weighted by molar-refractivity contribution is 7.99. The van der Waals surface area contributed by atoms with Crippen LogP contribution in [0, 0.1) is 17.1 Å². The van der Waals surface area contributed by atoms with Crippen LogP contribution in [0.1, 0.15) is 15.9 Å². The Labute approximate surface area is 113 Å². The first-order valence-corrected chi connectivity index (χ1v) is 6.13. The third kappa shape index (κ3) is 2.92. The van der Waals surface area contributed by atoms with Gasteiger partial charge in [0.25, 0.3) is 0 Å². The summed E-state index contributed by atoms with van der Waals surface area (Å²) >= 11 is 1.02. The van der Waals surface area contributed by atoms with E-state index in [0.29, 0.717) is 4.90 Å². The molecule has 1 N–H and O–H groups in total. The zero-order valence-corrected chi connectivity index (χ0v) is 10.4. The Kier molecular flexibility index (Phi) is 3.83. The van der Waals surface area contributed by atoms with E-state index in [1.165, 1.54) is 18.2 Å². The second-order valence-electron chi connectivity index (χ2n) is 3.66. The van der Waals surface area contributed by atoms with Crippen LogP contribution in [0.3, 0.4) is 0 Å². The van der Waals surface area contributed by atoms with Gasteiger partial charge in [0.05, 0.1) is 17.2 Å². The number of benzene rings is 2. The molecule has 0 fully saturated rings. The van der Waals surface area contributed by atoms with E-state index in [2.05, 4.69) is 0 Å². The van der Waals surface area contributed by atoms with Crippen LogP contribution in [-0.4, -0.2) is 11.1 Å². The molecule has 19 heavy (non-hydrogen) atoms. The molecule has 0 spiro atoms. The molecule has 0 amide bonds. The maximum Gasteiger partial charge on any atom is 0.336 e. The number of rotatable bonds is 3. The minimum absolute atomic E-state index is 0.122. The molecule has 0 radical (unpaired) electrons. The van der Waals surface area contributed by atoms with Crippen LogP contribution in [0.25, 0.3) is 0 Å². The lowest BCUT2D eigenvalue weighted by molar-refractivity contribution is 0.0693. The fourth-order valence-electron chi connectivity index (χ4n) is 1.50. The molecule has 2 aromatic carbocycles. The van der Waals surface area contributed by atoms with Gasteiger partial charge < -0.3 is 5.11 Å². The number of aromatic carboxylic acids is 1. The fraction of sp³-hybridized carbons (Fsp3) is 0. The van der Waals surface area contributed by atoms with Crippen LogP contribution in [0.5, 0.6) is 0 Å². The van der Waals surface area contributed by atoms with Crippen molar-refractivity contribution in [2.45, 2.75) is 9.79 Å². The van der Waals surface area contributed by atoms with Crippen molar-refractivity contribution in [2.75, 3.05) is 0 Å². The molecule has 0 atom stereocenters. The Bertz CT molecular complexity index is 679. The first-order chi connectivity index (χ1) is 9.11. The predicted octanol–water partition coefficient (Wildman–Crippen LogP) is 3.55. The van der Waals surface area contributed by atoms with Crippen molar-refractivity contribution in [3.05, 3.63) is 59.4 Å². The normalized spacial score (nSPS) is 9.89. The smallest absolute Gasteiger partial charge is 0.336 e. The van der Waals surface area contributed by atoms with Gasteiger partial charge in [-0.3, -0.25) is 0 Å². The largest absolute Gasteiger partial charge is 0.478 e. The molecule has 0 saturated carbocycles. The summed E-state index contributed by atoms with van der Waals surface area (Å²) in [5, 5.41) is 17.7. The molecule has 0 aromatic heterocycles. The minimum atomic E-state index is -1.06. The van der Waals surface area contributed by atoms with Gasteiger partial charge in [-0.25, -0.2) is 9.18 Å². The van der Waals surface area contributed by atoms with Crippen molar-refractivity contribution in [1.82, 2.24) is 0 Å². The third-order valence-corrected chi connectivity index (χ3v) is 3.53. The van der Waals surface area contributed by atoms with E-state index in [-0.39, 0.29) is 16.0 Å². The second-order valence-corrected chi connectivity index (χ2v) is 4.74. The zero-order chi connectivity index (χ0) is 13.8. The molecular formula is C14H8FNO2S.